The van der Waals surface area contributed by atoms with Crippen LogP contribution in [0.5, 0.6) is 0 Å². The fourth-order valence-corrected chi connectivity index (χ4v) is 3.41. The van der Waals surface area contributed by atoms with Crippen LogP contribution in [0.2, 0.25) is 0 Å². The highest BCUT2D eigenvalue weighted by Crippen LogP contribution is 2.32. The Morgan fingerprint density at radius 1 is 1.22 bits per heavy atom. The molecule has 2 aromatic rings. The molecular weight excluding hydrogens is 352 g/mol. The van der Waals surface area contributed by atoms with E-state index in [4.69, 9.17) is 5.73 Å². The molecule has 0 aliphatic carbocycles. The zero-order valence-electron chi connectivity index (χ0n) is 14.3. The Hall–Kier alpha value is -1.55. The van der Waals surface area contributed by atoms with Gasteiger partial charge in [-0.1, -0.05) is 41.9 Å². The van der Waals surface area contributed by atoms with Gasteiger partial charge in [0.2, 0.25) is 0 Å². The molecule has 0 aliphatic rings. The summed E-state index contributed by atoms with van der Waals surface area (Å²) >= 11 is 3.52. The minimum Gasteiger partial charge on any atom is -0.366 e. The first-order valence-electron chi connectivity index (χ1n) is 8.08. The number of rotatable bonds is 6. The van der Waals surface area contributed by atoms with Gasteiger partial charge in [0.1, 0.15) is 0 Å². The lowest BCUT2D eigenvalue weighted by Crippen LogP contribution is -2.14. The summed E-state index contributed by atoms with van der Waals surface area (Å²) in [4.78, 5) is 11.8. The zero-order chi connectivity index (χ0) is 17.1. The molecule has 4 heteroatoms. The van der Waals surface area contributed by atoms with Crippen molar-refractivity contribution in [3.8, 4) is 11.3 Å². The standard InChI is InChI=1S/C19H25BrN2O/c1-12(2)8-9-13(3)22-14(4)17(19(21)23)11-18(22)15-6-5-7-16(20)10-15/h5-7,10-13H,8-9H2,1-4H3,(H2,21,23). The van der Waals surface area contributed by atoms with Crippen molar-refractivity contribution in [1.29, 1.82) is 0 Å². The van der Waals surface area contributed by atoms with E-state index in [0.29, 0.717) is 17.5 Å². The highest BCUT2D eigenvalue weighted by atomic mass is 79.9. The number of halogens is 1. The third-order valence-electron chi connectivity index (χ3n) is 4.28. The molecule has 1 unspecified atom stereocenters. The highest BCUT2D eigenvalue weighted by Gasteiger charge is 2.20. The summed E-state index contributed by atoms with van der Waals surface area (Å²) in [5.74, 6) is 0.298. The molecule has 1 aromatic carbocycles. The Morgan fingerprint density at radius 3 is 2.48 bits per heavy atom. The second-order valence-corrected chi connectivity index (χ2v) is 7.51. The largest absolute Gasteiger partial charge is 0.366 e. The fourth-order valence-electron chi connectivity index (χ4n) is 3.01. The van der Waals surface area contributed by atoms with Crippen LogP contribution in [0.3, 0.4) is 0 Å². The molecule has 0 fully saturated rings. The number of carbonyl (C=O) groups excluding carboxylic acids is 1. The van der Waals surface area contributed by atoms with Gasteiger partial charge in [-0.3, -0.25) is 4.79 Å². The Bertz CT molecular complexity index is 703. The molecule has 0 bridgehead atoms. The lowest BCUT2D eigenvalue weighted by Gasteiger charge is -2.21. The first-order chi connectivity index (χ1) is 10.8. The molecule has 3 nitrogen and oxygen atoms in total. The minimum absolute atomic E-state index is 0.319. The monoisotopic (exact) mass is 376 g/mol. The molecule has 0 saturated carbocycles. The molecule has 1 heterocycles. The number of carbonyl (C=O) groups is 1. The third-order valence-corrected chi connectivity index (χ3v) is 4.77. The molecule has 1 aromatic heterocycles. The van der Waals surface area contributed by atoms with Gasteiger partial charge in [0.15, 0.2) is 0 Å². The van der Waals surface area contributed by atoms with Crippen LogP contribution >= 0.6 is 15.9 Å². The number of benzene rings is 1. The molecule has 124 valence electrons. The number of nitrogens with zero attached hydrogens (tertiary/aromatic N) is 1. The summed E-state index contributed by atoms with van der Waals surface area (Å²) in [6.07, 6.45) is 2.23. The average molecular weight is 377 g/mol. The lowest BCUT2D eigenvalue weighted by molar-refractivity contribution is 0.0999. The first-order valence-corrected chi connectivity index (χ1v) is 8.88. The van der Waals surface area contributed by atoms with E-state index in [1.807, 2.05) is 25.1 Å². The molecular formula is C19H25BrN2O. The number of aromatic nitrogens is 1. The van der Waals surface area contributed by atoms with Gasteiger partial charge in [0.25, 0.3) is 5.91 Å². The molecule has 0 spiro atoms. The average Bonchev–Trinajstić information content (AvgIpc) is 2.82. The van der Waals surface area contributed by atoms with Crippen LogP contribution in [0.25, 0.3) is 11.3 Å². The molecule has 23 heavy (non-hydrogen) atoms. The summed E-state index contributed by atoms with van der Waals surface area (Å²) in [6, 6.07) is 10.4. The summed E-state index contributed by atoms with van der Waals surface area (Å²) in [6.45, 7) is 8.66. The van der Waals surface area contributed by atoms with Crippen molar-refractivity contribution < 1.29 is 4.79 Å². The topological polar surface area (TPSA) is 48.0 Å². The van der Waals surface area contributed by atoms with E-state index < -0.39 is 0 Å². The van der Waals surface area contributed by atoms with Crippen LogP contribution in [-0.2, 0) is 0 Å². The number of primary amides is 1. The van der Waals surface area contributed by atoms with Crippen LogP contribution < -0.4 is 5.73 Å². The second-order valence-electron chi connectivity index (χ2n) is 6.59. The van der Waals surface area contributed by atoms with Crippen molar-refractivity contribution in [3.05, 3.63) is 46.1 Å². The number of hydrogen-bond donors (Lipinski definition) is 1. The smallest absolute Gasteiger partial charge is 0.250 e. The Kier molecular flexibility index (Phi) is 5.69. The van der Waals surface area contributed by atoms with Gasteiger partial charge in [-0.25, -0.2) is 0 Å². The Morgan fingerprint density at radius 2 is 1.91 bits per heavy atom. The molecule has 1 amide bonds. The van der Waals surface area contributed by atoms with E-state index in [0.717, 1.165) is 34.3 Å². The van der Waals surface area contributed by atoms with Crippen LogP contribution in [0.15, 0.2) is 34.8 Å². The summed E-state index contributed by atoms with van der Waals surface area (Å²) < 4.78 is 3.28. The van der Waals surface area contributed by atoms with Crippen molar-refractivity contribution in [2.75, 3.05) is 0 Å². The van der Waals surface area contributed by atoms with Crippen molar-refractivity contribution >= 4 is 21.8 Å². The zero-order valence-corrected chi connectivity index (χ0v) is 15.9. The second kappa shape index (κ2) is 7.35. The van der Waals surface area contributed by atoms with Crippen LogP contribution in [0.4, 0.5) is 0 Å². The fraction of sp³-hybridized carbons (Fsp3) is 0.421. The van der Waals surface area contributed by atoms with E-state index in [2.05, 4.69) is 53.4 Å². The van der Waals surface area contributed by atoms with Crippen LogP contribution in [0.1, 0.15) is 55.7 Å². The van der Waals surface area contributed by atoms with E-state index in [1.165, 1.54) is 0 Å². The summed E-state index contributed by atoms with van der Waals surface area (Å²) in [5.41, 5.74) is 9.26. The van der Waals surface area contributed by atoms with Crippen LogP contribution in [0, 0.1) is 12.8 Å². The quantitative estimate of drug-likeness (QED) is 0.728. The summed E-state index contributed by atoms with van der Waals surface area (Å²) in [5, 5.41) is 0. The Balaban J connectivity index is 2.52. The SMILES string of the molecule is Cc1c(C(N)=O)cc(-c2cccc(Br)c2)n1C(C)CCC(C)C. The number of nitrogens with two attached hydrogens (primary N) is 1. The van der Waals surface area contributed by atoms with E-state index in [9.17, 15) is 4.79 Å². The molecule has 1 atom stereocenters. The summed E-state index contributed by atoms with van der Waals surface area (Å²) in [7, 11) is 0. The van der Waals surface area contributed by atoms with Gasteiger partial charge in [-0.15, -0.1) is 0 Å². The van der Waals surface area contributed by atoms with Gasteiger partial charge in [0.05, 0.1) is 5.56 Å². The highest BCUT2D eigenvalue weighted by molar-refractivity contribution is 9.10. The molecule has 0 saturated heterocycles. The number of amides is 1. The maximum atomic E-state index is 11.8. The van der Waals surface area contributed by atoms with Crippen molar-refractivity contribution in [2.45, 2.75) is 46.6 Å². The van der Waals surface area contributed by atoms with Crippen molar-refractivity contribution in [1.82, 2.24) is 4.57 Å². The van der Waals surface area contributed by atoms with Crippen molar-refractivity contribution in [2.24, 2.45) is 11.7 Å². The molecule has 0 radical (unpaired) electrons. The maximum Gasteiger partial charge on any atom is 0.250 e. The predicted molar refractivity (Wildman–Crippen MR) is 99.6 cm³/mol. The Labute approximate surface area is 147 Å². The van der Waals surface area contributed by atoms with E-state index in [-0.39, 0.29) is 5.91 Å². The van der Waals surface area contributed by atoms with Gasteiger partial charge in [-0.2, -0.15) is 0 Å². The van der Waals surface area contributed by atoms with Gasteiger partial charge in [-0.05, 0) is 56.4 Å². The van der Waals surface area contributed by atoms with Crippen LogP contribution in [-0.4, -0.2) is 10.5 Å². The van der Waals surface area contributed by atoms with E-state index >= 15 is 0 Å². The predicted octanol–water partition coefficient (Wildman–Crippen LogP) is 5.32. The number of hydrogen-bond acceptors (Lipinski definition) is 1. The van der Waals surface area contributed by atoms with E-state index in [1.54, 1.807) is 0 Å². The lowest BCUT2D eigenvalue weighted by atomic mass is 10.0. The molecule has 2 N–H and O–H groups in total. The molecule has 2 rings (SSSR count). The molecule has 0 aliphatic heterocycles. The van der Waals surface area contributed by atoms with Gasteiger partial charge < -0.3 is 10.3 Å². The third kappa shape index (κ3) is 4.05. The van der Waals surface area contributed by atoms with Crippen molar-refractivity contribution in [3.63, 3.8) is 0 Å². The van der Waals surface area contributed by atoms with Gasteiger partial charge >= 0.3 is 0 Å². The normalized spacial score (nSPS) is 12.6. The maximum absolute atomic E-state index is 11.8. The van der Waals surface area contributed by atoms with Gasteiger partial charge in [0, 0.05) is 21.9 Å². The minimum atomic E-state index is -0.367. The first kappa shape index (κ1) is 17.8.